The SMILES string of the molecule is CC(N)(Cc1ccc(Br)cc1)C(N)=O. The lowest BCUT2D eigenvalue weighted by Crippen LogP contribution is -2.51. The fourth-order valence-electron chi connectivity index (χ4n) is 1.11. The molecule has 0 saturated heterocycles. The second kappa shape index (κ2) is 4.11. The molecular formula is C10H13BrN2O. The zero-order valence-electron chi connectivity index (χ0n) is 7.96. The molecule has 0 bridgehead atoms. The molecule has 4 N–H and O–H groups in total. The Labute approximate surface area is 91.6 Å². The minimum atomic E-state index is -0.978. The molecule has 0 spiro atoms. The maximum atomic E-state index is 11.0. The lowest BCUT2D eigenvalue weighted by Gasteiger charge is -2.20. The molecule has 0 fully saturated rings. The standard InChI is InChI=1S/C10H13BrN2O/c1-10(13,9(12)14)6-7-2-4-8(11)5-3-7/h2-5H,6,13H2,1H3,(H2,12,14). The van der Waals surface area contributed by atoms with Crippen molar-refractivity contribution in [3.8, 4) is 0 Å². The van der Waals surface area contributed by atoms with E-state index in [4.69, 9.17) is 11.5 Å². The van der Waals surface area contributed by atoms with E-state index >= 15 is 0 Å². The Morgan fingerprint density at radius 2 is 1.93 bits per heavy atom. The summed E-state index contributed by atoms with van der Waals surface area (Å²) in [5.41, 5.74) is 10.9. The van der Waals surface area contributed by atoms with Gasteiger partial charge in [-0.3, -0.25) is 4.79 Å². The molecule has 0 aliphatic heterocycles. The van der Waals surface area contributed by atoms with Gasteiger partial charge in [-0.25, -0.2) is 0 Å². The molecule has 0 aromatic heterocycles. The van der Waals surface area contributed by atoms with Crippen molar-refractivity contribution in [1.29, 1.82) is 0 Å². The monoisotopic (exact) mass is 256 g/mol. The number of primary amides is 1. The average Bonchev–Trinajstić information content (AvgIpc) is 2.08. The summed E-state index contributed by atoms with van der Waals surface area (Å²) >= 11 is 3.33. The number of halogens is 1. The second-order valence-corrected chi connectivity index (χ2v) is 4.50. The van der Waals surface area contributed by atoms with Crippen LogP contribution in [0, 0.1) is 0 Å². The van der Waals surface area contributed by atoms with E-state index in [1.807, 2.05) is 24.3 Å². The highest BCUT2D eigenvalue weighted by Gasteiger charge is 2.25. The van der Waals surface area contributed by atoms with Crippen LogP contribution in [0.2, 0.25) is 0 Å². The van der Waals surface area contributed by atoms with Crippen molar-refractivity contribution in [2.45, 2.75) is 18.9 Å². The highest BCUT2D eigenvalue weighted by atomic mass is 79.9. The van der Waals surface area contributed by atoms with Crippen molar-refractivity contribution < 1.29 is 4.79 Å². The smallest absolute Gasteiger partial charge is 0.237 e. The van der Waals surface area contributed by atoms with E-state index in [1.165, 1.54) is 0 Å². The summed E-state index contributed by atoms with van der Waals surface area (Å²) in [4.78, 5) is 11.0. The number of carbonyl (C=O) groups is 1. The molecule has 1 amide bonds. The van der Waals surface area contributed by atoms with Gasteiger partial charge in [0, 0.05) is 4.47 Å². The third-order valence-electron chi connectivity index (χ3n) is 2.05. The van der Waals surface area contributed by atoms with Crippen molar-refractivity contribution in [3.63, 3.8) is 0 Å². The fourth-order valence-corrected chi connectivity index (χ4v) is 1.38. The van der Waals surface area contributed by atoms with E-state index < -0.39 is 11.4 Å². The predicted molar refractivity (Wildman–Crippen MR) is 59.6 cm³/mol. The zero-order chi connectivity index (χ0) is 10.8. The number of carbonyl (C=O) groups excluding carboxylic acids is 1. The molecule has 0 saturated carbocycles. The van der Waals surface area contributed by atoms with Gasteiger partial charge in [0.05, 0.1) is 5.54 Å². The largest absolute Gasteiger partial charge is 0.368 e. The van der Waals surface area contributed by atoms with Gasteiger partial charge < -0.3 is 11.5 Å². The topological polar surface area (TPSA) is 69.1 Å². The molecule has 1 rings (SSSR count). The first-order chi connectivity index (χ1) is 6.42. The molecule has 0 aliphatic rings. The number of hydrogen-bond donors (Lipinski definition) is 2. The maximum absolute atomic E-state index is 11.0. The zero-order valence-corrected chi connectivity index (χ0v) is 9.54. The third kappa shape index (κ3) is 2.82. The molecule has 1 aromatic rings. The molecule has 76 valence electrons. The van der Waals surface area contributed by atoms with Crippen molar-refractivity contribution >= 4 is 21.8 Å². The van der Waals surface area contributed by atoms with Crippen LogP contribution >= 0.6 is 15.9 Å². The average molecular weight is 257 g/mol. The highest BCUT2D eigenvalue weighted by Crippen LogP contribution is 2.14. The highest BCUT2D eigenvalue weighted by molar-refractivity contribution is 9.10. The molecule has 0 radical (unpaired) electrons. The van der Waals surface area contributed by atoms with Crippen molar-refractivity contribution in [3.05, 3.63) is 34.3 Å². The van der Waals surface area contributed by atoms with Gasteiger partial charge in [-0.15, -0.1) is 0 Å². The van der Waals surface area contributed by atoms with Crippen LogP contribution in [-0.2, 0) is 11.2 Å². The lowest BCUT2D eigenvalue weighted by atomic mass is 9.93. The Balaban J connectivity index is 2.79. The lowest BCUT2D eigenvalue weighted by molar-refractivity contribution is -0.122. The Morgan fingerprint density at radius 1 is 1.43 bits per heavy atom. The summed E-state index contributed by atoms with van der Waals surface area (Å²) in [5, 5.41) is 0. The van der Waals surface area contributed by atoms with Gasteiger partial charge >= 0.3 is 0 Å². The van der Waals surface area contributed by atoms with E-state index in [2.05, 4.69) is 15.9 Å². The van der Waals surface area contributed by atoms with Crippen LogP contribution in [0.25, 0.3) is 0 Å². The van der Waals surface area contributed by atoms with Gasteiger partial charge in [0.1, 0.15) is 0 Å². The number of benzene rings is 1. The Morgan fingerprint density at radius 3 is 2.36 bits per heavy atom. The van der Waals surface area contributed by atoms with Crippen LogP contribution in [0.5, 0.6) is 0 Å². The summed E-state index contributed by atoms with van der Waals surface area (Å²) in [7, 11) is 0. The summed E-state index contributed by atoms with van der Waals surface area (Å²) in [6.45, 7) is 1.64. The molecule has 0 aliphatic carbocycles. The number of rotatable bonds is 3. The van der Waals surface area contributed by atoms with Crippen LogP contribution in [0.3, 0.4) is 0 Å². The second-order valence-electron chi connectivity index (χ2n) is 3.58. The van der Waals surface area contributed by atoms with E-state index in [9.17, 15) is 4.79 Å². The summed E-state index contributed by atoms with van der Waals surface area (Å²) < 4.78 is 0.999. The normalized spacial score (nSPS) is 14.8. The van der Waals surface area contributed by atoms with Gasteiger partial charge in [-0.2, -0.15) is 0 Å². The maximum Gasteiger partial charge on any atom is 0.237 e. The minimum absolute atomic E-state index is 0.454. The minimum Gasteiger partial charge on any atom is -0.368 e. The molecule has 1 unspecified atom stereocenters. The predicted octanol–water partition coefficient (Wildman–Crippen LogP) is 1.19. The number of nitrogens with two attached hydrogens (primary N) is 2. The summed E-state index contributed by atoms with van der Waals surface area (Å²) in [6, 6.07) is 7.65. The van der Waals surface area contributed by atoms with Gasteiger partial charge in [0.25, 0.3) is 0 Å². The van der Waals surface area contributed by atoms with Gasteiger partial charge in [0.15, 0.2) is 0 Å². The molecule has 14 heavy (non-hydrogen) atoms. The Kier molecular flexibility index (Phi) is 3.29. The molecule has 0 heterocycles. The van der Waals surface area contributed by atoms with E-state index in [0.717, 1.165) is 10.0 Å². The fraction of sp³-hybridized carbons (Fsp3) is 0.300. The first-order valence-corrected chi connectivity index (χ1v) is 5.04. The number of amides is 1. The summed E-state index contributed by atoms with van der Waals surface area (Å²) in [5.74, 6) is -0.486. The van der Waals surface area contributed by atoms with Crippen LogP contribution in [0.1, 0.15) is 12.5 Å². The van der Waals surface area contributed by atoms with E-state index in [0.29, 0.717) is 6.42 Å². The van der Waals surface area contributed by atoms with Crippen LogP contribution in [0.15, 0.2) is 28.7 Å². The quantitative estimate of drug-likeness (QED) is 0.854. The van der Waals surface area contributed by atoms with Crippen LogP contribution in [-0.4, -0.2) is 11.4 Å². The van der Waals surface area contributed by atoms with Crippen molar-refractivity contribution in [2.75, 3.05) is 0 Å². The number of hydrogen-bond acceptors (Lipinski definition) is 2. The first kappa shape index (κ1) is 11.2. The molecule has 1 aromatic carbocycles. The van der Waals surface area contributed by atoms with Crippen LogP contribution < -0.4 is 11.5 Å². The van der Waals surface area contributed by atoms with Crippen molar-refractivity contribution in [2.24, 2.45) is 11.5 Å². The third-order valence-corrected chi connectivity index (χ3v) is 2.58. The van der Waals surface area contributed by atoms with Crippen LogP contribution in [0.4, 0.5) is 0 Å². The molecular weight excluding hydrogens is 244 g/mol. The van der Waals surface area contributed by atoms with Gasteiger partial charge in [0.2, 0.25) is 5.91 Å². The Hall–Kier alpha value is -0.870. The first-order valence-electron chi connectivity index (χ1n) is 4.25. The van der Waals surface area contributed by atoms with Gasteiger partial charge in [-0.05, 0) is 31.0 Å². The van der Waals surface area contributed by atoms with Gasteiger partial charge in [-0.1, -0.05) is 28.1 Å². The molecule has 4 heteroatoms. The van der Waals surface area contributed by atoms with E-state index in [1.54, 1.807) is 6.92 Å². The van der Waals surface area contributed by atoms with Crippen molar-refractivity contribution in [1.82, 2.24) is 0 Å². The molecule has 3 nitrogen and oxygen atoms in total. The summed E-state index contributed by atoms with van der Waals surface area (Å²) in [6.07, 6.45) is 0.454. The Bertz CT molecular complexity index is 332. The van der Waals surface area contributed by atoms with E-state index in [-0.39, 0.29) is 0 Å². The molecule has 1 atom stereocenters.